The zero-order valence-electron chi connectivity index (χ0n) is 13.8. The molecule has 3 N–H and O–H groups in total. The lowest BCUT2D eigenvalue weighted by Gasteiger charge is -2.37. The highest BCUT2D eigenvalue weighted by molar-refractivity contribution is 5.36. The van der Waals surface area contributed by atoms with E-state index in [0.717, 1.165) is 42.3 Å². The van der Waals surface area contributed by atoms with Crippen molar-refractivity contribution in [1.29, 1.82) is 0 Å². The van der Waals surface area contributed by atoms with E-state index in [1.165, 1.54) is 0 Å². The monoisotopic (exact) mass is 329 g/mol. The number of nitrogen functional groups attached to an aromatic ring is 1. The van der Waals surface area contributed by atoms with Crippen molar-refractivity contribution in [2.24, 2.45) is 0 Å². The van der Waals surface area contributed by atoms with Crippen LogP contribution in [0.1, 0.15) is 17.2 Å². The Labute approximate surface area is 141 Å². The summed E-state index contributed by atoms with van der Waals surface area (Å²) in [5, 5.41) is 7.20. The van der Waals surface area contributed by atoms with Gasteiger partial charge in [-0.3, -0.25) is 9.69 Å². The van der Waals surface area contributed by atoms with E-state index in [0.29, 0.717) is 12.0 Å². The second-order valence-electron chi connectivity index (χ2n) is 5.85. The van der Waals surface area contributed by atoms with Gasteiger partial charge >= 0.3 is 0 Å². The van der Waals surface area contributed by atoms with Gasteiger partial charge in [-0.2, -0.15) is 5.10 Å². The molecule has 0 radical (unpaired) electrons. The molecule has 128 valence electrons. The zero-order valence-corrected chi connectivity index (χ0v) is 13.8. The summed E-state index contributed by atoms with van der Waals surface area (Å²) in [4.78, 5) is 15.3. The van der Waals surface area contributed by atoms with Gasteiger partial charge in [-0.1, -0.05) is 18.2 Å². The van der Waals surface area contributed by atoms with Crippen LogP contribution in [0.5, 0.6) is 5.75 Å². The maximum atomic E-state index is 12.0. The van der Waals surface area contributed by atoms with Crippen molar-refractivity contribution in [3.63, 3.8) is 0 Å². The highest BCUT2D eigenvalue weighted by atomic mass is 16.5. The first-order valence-corrected chi connectivity index (χ1v) is 8.10. The normalized spacial score (nSPS) is 18.5. The molecule has 1 unspecified atom stereocenters. The van der Waals surface area contributed by atoms with Gasteiger partial charge in [0.1, 0.15) is 5.75 Å². The van der Waals surface area contributed by atoms with Gasteiger partial charge in [0.25, 0.3) is 5.56 Å². The van der Waals surface area contributed by atoms with Gasteiger partial charge in [0.2, 0.25) is 0 Å². The largest absolute Gasteiger partial charge is 0.496 e. The van der Waals surface area contributed by atoms with Crippen molar-refractivity contribution in [2.75, 3.05) is 39.1 Å². The summed E-state index contributed by atoms with van der Waals surface area (Å²) >= 11 is 0. The van der Waals surface area contributed by atoms with E-state index in [1.807, 2.05) is 18.2 Å². The van der Waals surface area contributed by atoms with Gasteiger partial charge in [0, 0.05) is 37.3 Å². The van der Waals surface area contributed by atoms with Gasteiger partial charge in [-0.15, -0.1) is 4.79 Å². The van der Waals surface area contributed by atoms with Crippen LogP contribution in [-0.4, -0.2) is 48.1 Å². The fourth-order valence-electron chi connectivity index (χ4n) is 3.18. The van der Waals surface area contributed by atoms with Gasteiger partial charge in [0.05, 0.1) is 19.3 Å². The Bertz CT molecular complexity index is 746. The summed E-state index contributed by atoms with van der Waals surface area (Å²) in [6.07, 6.45) is 2.20. The third kappa shape index (κ3) is 3.42. The molecule has 1 saturated heterocycles. The quantitative estimate of drug-likeness (QED) is 0.760. The fourth-order valence-corrected chi connectivity index (χ4v) is 3.18. The number of ether oxygens (including phenoxy) is 1. The Morgan fingerprint density at radius 2 is 2.21 bits per heavy atom. The minimum atomic E-state index is -0.235. The first-order chi connectivity index (χ1) is 11.7. The van der Waals surface area contributed by atoms with Crippen LogP contribution in [0.4, 0.5) is 0 Å². The van der Waals surface area contributed by atoms with Crippen LogP contribution >= 0.6 is 0 Å². The smallest absolute Gasteiger partial charge is 0.288 e. The summed E-state index contributed by atoms with van der Waals surface area (Å²) in [7, 11) is 1.69. The van der Waals surface area contributed by atoms with E-state index in [4.69, 9.17) is 10.6 Å². The predicted octanol–water partition coefficient (Wildman–Crippen LogP) is 0.155. The number of para-hydroxylation sites is 1. The van der Waals surface area contributed by atoms with E-state index >= 15 is 0 Å². The molecule has 2 aromatic rings. The summed E-state index contributed by atoms with van der Waals surface area (Å²) in [5.74, 6) is 6.43. The highest BCUT2D eigenvalue weighted by Crippen LogP contribution is 2.30. The van der Waals surface area contributed by atoms with Crippen LogP contribution in [0.15, 0.2) is 41.3 Å². The minimum Gasteiger partial charge on any atom is -0.496 e. The number of nitrogens with zero attached hydrogens (tertiary/aromatic N) is 3. The number of aromatic nitrogens is 2. The van der Waals surface area contributed by atoms with Crippen molar-refractivity contribution in [1.82, 2.24) is 20.1 Å². The molecule has 24 heavy (non-hydrogen) atoms. The molecule has 2 heterocycles. The van der Waals surface area contributed by atoms with E-state index in [2.05, 4.69) is 21.4 Å². The lowest BCUT2D eigenvalue weighted by molar-refractivity contribution is 0.161. The molecule has 0 saturated carbocycles. The molecule has 7 heteroatoms. The van der Waals surface area contributed by atoms with Crippen LogP contribution in [0.25, 0.3) is 0 Å². The summed E-state index contributed by atoms with van der Waals surface area (Å²) in [5.41, 5.74) is 1.62. The first-order valence-electron chi connectivity index (χ1n) is 8.10. The number of benzene rings is 1. The number of piperazine rings is 1. The molecule has 7 nitrogen and oxygen atoms in total. The zero-order chi connectivity index (χ0) is 16.9. The number of methoxy groups -OCH3 is 1. The lowest BCUT2D eigenvalue weighted by Crippen LogP contribution is -2.47. The standard InChI is InChI=1S/C17H23N5O2/c1-24-16-5-3-2-4-14(16)15-12-19-9-11-21(15)10-7-13-6-8-20-22(18)17(13)23/h2-6,8,15,19H,7,9-12,18H2,1H3. The highest BCUT2D eigenvalue weighted by Gasteiger charge is 2.26. The van der Waals surface area contributed by atoms with Crippen molar-refractivity contribution in [3.8, 4) is 5.75 Å². The molecule has 1 atom stereocenters. The Kier molecular flexibility index (Phi) is 5.12. The van der Waals surface area contributed by atoms with Crippen molar-refractivity contribution < 1.29 is 4.74 Å². The number of nitrogens with one attached hydrogen (secondary N) is 1. The SMILES string of the molecule is COc1ccccc1C1CNCCN1CCc1ccnn(N)c1=O. The molecule has 1 aliphatic rings. The second-order valence-corrected chi connectivity index (χ2v) is 5.85. The molecule has 0 bridgehead atoms. The maximum Gasteiger partial charge on any atom is 0.288 e. The number of hydrogen-bond donors (Lipinski definition) is 2. The third-order valence-corrected chi connectivity index (χ3v) is 4.47. The average molecular weight is 329 g/mol. The molecule has 0 aliphatic carbocycles. The van der Waals surface area contributed by atoms with E-state index < -0.39 is 0 Å². The first kappa shape index (κ1) is 16.5. The average Bonchev–Trinajstić information content (AvgIpc) is 2.63. The summed E-state index contributed by atoms with van der Waals surface area (Å²) in [6.45, 7) is 3.50. The second kappa shape index (κ2) is 7.46. The predicted molar refractivity (Wildman–Crippen MR) is 92.5 cm³/mol. The van der Waals surface area contributed by atoms with Crippen LogP contribution in [-0.2, 0) is 6.42 Å². The Hall–Kier alpha value is -2.38. The van der Waals surface area contributed by atoms with E-state index in [9.17, 15) is 4.79 Å². The molecule has 1 aromatic heterocycles. The number of nitrogens with two attached hydrogens (primary N) is 1. The molecule has 1 aliphatic heterocycles. The van der Waals surface area contributed by atoms with Gasteiger partial charge in [-0.05, 0) is 18.6 Å². The Morgan fingerprint density at radius 1 is 1.38 bits per heavy atom. The van der Waals surface area contributed by atoms with Crippen LogP contribution in [0, 0.1) is 0 Å². The number of rotatable bonds is 5. The fraction of sp³-hybridized carbons (Fsp3) is 0.412. The summed E-state index contributed by atoms with van der Waals surface area (Å²) in [6, 6.07) is 10.0. The lowest BCUT2D eigenvalue weighted by atomic mass is 10.0. The molecular weight excluding hydrogens is 306 g/mol. The van der Waals surface area contributed by atoms with E-state index in [-0.39, 0.29) is 11.6 Å². The molecule has 0 amide bonds. The molecule has 1 fully saturated rings. The van der Waals surface area contributed by atoms with Gasteiger partial charge in [0.15, 0.2) is 0 Å². The molecule has 0 spiro atoms. The topological polar surface area (TPSA) is 85.4 Å². The van der Waals surface area contributed by atoms with Crippen LogP contribution < -0.4 is 21.5 Å². The van der Waals surface area contributed by atoms with Crippen molar-refractivity contribution in [2.45, 2.75) is 12.5 Å². The van der Waals surface area contributed by atoms with Gasteiger partial charge < -0.3 is 15.9 Å². The third-order valence-electron chi connectivity index (χ3n) is 4.47. The Morgan fingerprint density at radius 3 is 3.04 bits per heavy atom. The maximum absolute atomic E-state index is 12.0. The minimum absolute atomic E-state index is 0.219. The van der Waals surface area contributed by atoms with Gasteiger partial charge in [-0.25, -0.2) is 0 Å². The van der Waals surface area contributed by atoms with Crippen molar-refractivity contribution in [3.05, 3.63) is 58.0 Å². The van der Waals surface area contributed by atoms with E-state index in [1.54, 1.807) is 19.4 Å². The Balaban J connectivity index is 1.78. The summed E-state index contributed by atoms with van der Waals surface area (Å²) < 4.78 is 5.51. The van der Waals surface area contributed by atoms with Crippen LogP contribution in [0.3, 0.4) is 0 Å². The molecular formula is C17H23N5O2. The van der Waals surface area contributed by atoms with Crippen LogP contribution in [0.2, 0.25) is 0 Å². The molecule has 3 rings (SSSR count). The number of hydrogen-bond acceptors (Lipinski definition) is 6. The molecule has 1 aromatic carbocycles. The van der Waals surface area contributed by atoms with Crippen molar-refractivity contribution >= 4 is 0 Å².